The van der Waals surface area contributed by atoms with Crippen LogP contribution < -0.4 is 9.47 Å². The predicted octanol–water partition coefficient (Wildman–Crippen LogP) is 5.48. The van der Waals surface area contributed by atoms with Gasteiger partial charge in [-0.2, -0.15) is 0 Å². The standard InChI is InChI=1S/C26H26O5/c1-19(2)30-23-15-13-21(14-16-23)26(28)31-24-12-6-11-22(18-24)25(27)29-17-7-10-20-8-4-3-5-9-20/h3-6,8-9,11-16,18-19H,7,10,17H2,1-2H3. The van der Waals surface area contributed by atoms with E-state index in [9.17, 15) is 9.59 Å². The van der Waals surface area contributed by atoms with Gasteiger partial charge in [-0.3, -0.25) is 0 Å². The van der Waals surface area contributed by atoms with E-state index in [1.807, 2.05) is 44.2 Å². The Morgan fingerprint density at radius 3 is 2.23 bits per heavy atom. The summed E-state index contributed by atoms with van der Waals surface area (Å²) in [7, 11) is 0. The number of hydrogen-bond acceptors (Lipinski definition) is 5. The lowest BCUT2D eigenvalue weighted by atomic mass is 10.1. The molecule has 5 nitrogen and oxygen atoms in total. The third-order valence-electron chi connectivity index (χ3n) is 4.43. The number of rotatable bonds is 9. The largest absolute Gasteiger partial charge is 0.491 e. The molecule has 0 atom stereocenters. The van der Waals surface area contributed by atoms with Gasteiger partial charge in [0.25, 0.3) is 0 Å². The lowest BCUT2D eigenvalue weighted by Gasteiger charge is -2.10. The van der Waals surface area contributed by atoms with Gasteiger partial charge in [-0.1, -0.05) is 36.4 Å². The summed E-state index contributed by atoms with van der Waals surface area (Å²) in [6, 6.07) is 23.2. The van der Waals surface area contributed by atoms with Crippen LogP contribution in [0, 0.1) is 0 Å². The summed E-state index contributed by atoms with van der Waals surface area (Å²) in [5, 5.41) is 0. The summed E-state index contributed by atoms with van der Waals surface area (Å²) < 4.78 is 16.3. The highest BCUT2D eigenvalue weighted by Gasteiger charge is 2.12. The molecule has 0 aromatic heterocycles. The maximum atomic E-state index is 12.4. The first kappa shape index (κ1) is 22.1. The molecule has 3 aromatic rings. The van der Waals surface area contributed by atoms with E-state index in [-0.39, 0.29) is 11.9 Å². The number of ether oxygens (including phenoxy) is 3. The van der Waals surface area contributed by atoms with Crippen LogP contribution in [0.3, 0.4) is 0 Å². The van der Waals surface area contributed by atoms with Crippen LogP contribution in [0.4, 0.5) is 0 Å². The van der Waals surface area contributed by atoms with Crippen molar-refractivity contribution in [1.29, 1.82) is 0 Å². The molecule has 0 aliphatic rings. The van der Waals surface area contributed by atoms with Crippen LogP contribution >= 0.6 is 0 Å². The highest BCUT2D eigenvalue weighted by atomic mass is 16.5. The van der Waals surface area contributed by atoms with Gasteiger partial charge in [-0.25, -0.2) is 9.59 Å². The average Bonchev–Trinajstić information content (AvgIpc) is 2.77. The zero-order valence-electron chi connectivity index (χ0n) is 17.7. The summed E-state index contributed by atoms with van der Waals surface area (Å²) in [6.45, 7) is 4.19. The molecule has 0 bridgehead atoms. The zero-order chi connectivity index (χ0) is 22.1. The molecular weight excluding hydrogens is 392 g/mol. The second kappa shape index (κ2) is 11.0. The Morgan fingerprint density at radius 2 is 1.52 bits per heavy atom. The molecule has 0 unspecified atom stereocenters. The van der Waals surface area contributed by atoms with Crippen LogP contribution in [0.2, 0.25) is 0 Å². The number of hydrogen-bond donors (Lipinski definition) is 0. The lowest BCUT2D eigenvalue weighted by molar-refractivity contribution is 0.0498. The number of esters is 2. The van der Waals surface area contributed by atoms with Gasteiger partial charge < -0.3 is 14.2 Å². The molecule has 0 aliphatic heterocycles. The second-order valence-corrected chi connectivity index (χ2v) is 7.33. The fourth-order valence-electron chi connectivity index (χ4n) is 2.96. The number of carbonyl (C=O) groups is 2. The highest BCUT2D eigenvalue weighted by molar-refractivity contribution is 5.92. The minimum atomic E-state index is -0.510. The Bertz CT molecular complexity index is 994. The summed E-state index contributed by atoms with van der Waals surface area (Å²) in [6.07, 6.45) is 1.63. The molecule has 0 N–H and O–H groups in total. The normalized spacial score (nSPS) is 10.5. The molecule has 3 rings (SSSR count). The summed E-state index contributed by atoms with van der Waals surface area (Å²) >= 11 is 0. The molecule has 0 fully saturated rings. The van der Waals surface area contributed by atoms with E-state index in [2.05, 4.69) is 0 Å². The second-order valence-electron chi connectivity index (χ2n) is 7.33. The third-order valence-corrected chi connectivity index (χ3v) is 4.43. The van der Waals surface area contributed by atoms with Crippen molar-refractivity contribution in [2.75, 3.05) is 6.61 Å². The maximum absolute atomic E-state index is 12.4. The van der Waals surface area contributed by atoms with Crippen LogP contribution in [0.5, 0.6) is 11.5 Å². The molecule has 0 heterocycles. The van der Waals surface area contributed by atoms with Crippen LogP contribution in [0.1, 0.15) is 46.5 Å². The van der Waals surface area contributed by atoms with Crippen molar-refractivity contribution in [3.63, 3.8) is 0 Å². The van der Waals surface area contributed by atoms with Gasteiger partial charge in [0, 0.05) is 0 Å². The van der Waals surface area contributed by atoms with Crippen molar-refractivity contribution in [3.05, 3.63) is 95.6 Å². The molecule has 0 amide bonds. The zero-order valence-corrected chi connectivity index (χ0v) is 17.7. The van der Waals surface area contributed by atoms with Crippen molar-refractivity contribution >= 4 is 11.9 Å². The van der Waals surface area contributed by atoms with E-state index in [1.165, 1.54) is 11.6 Å². The molecule has 0 saturated carbocycles. The van der Waals surface area contributed by atoms with Gasteiger partial charge in [0.1, 0.15) is 11.5 Å². The molecule has 0 radical (unpaired) electrons. The Morgan fingerprint density at radius 1 is 0.774 bits per heavy atom. The van der Waals surface area contributed by atoms with E-state index < -0.39 is 11.9 Å². The topological polar surface area (TPSA) is 61.8 Å². The van der Waals surface area contributed by atoms with Gasteiger partial charge in [-0.15, -0.1) is 0 Å². The smallest absolute Gasteiger partial charge is 0.343 e. The summed E-state index contributed by atoms with van der Waals surface area (Å²) in [5.74, 6) is 0.0143. The van der Waals surface area contributed by atoms with Crippen molar-refractivity contribution in [1.82, 2.24) is 0 Å². The van der Waals surface area contributed by atoms with Gasteiger partial charge in [0.05, 0.1) is 23.8 Å². The van der Waals surface area contributed by atoms with Crippen molar-refractivity contribution in [3.8, 4) is 11.5 Å². The summed E-state index contributed by atoms with van der Waals surface area (Å²) in [4.78, 5) is 24.7. The Kier molecular flexibility index (Phi) is 7.82. The Balaban J connectivity index is 1.51. The summed E-state index contributed by atoms with van der Waals surface area (Å²) in [5.41, 5.74) is 1.94. The van der Waals surface area contributed by atoms with Gasteiger partial charge >= 0.3 is 11.9 Å². The van der Waals surface area contributed by atoms with Crippen LogP contribution in [-0.4, -0.2) is 24.6 Å². The van der Waals surface area contributed by atoms with Crippen LogP contribution in [0.15, 0.2) is 78.9 Å². The Labute approximate surface area is 182 Å². The fraction of sp³-hybridized carbons (Fsp3) is 0.231. The first-order valence-corrected chi connectivity index (χ1v) is 10.3. The maximum Gasteiger partial charge on any atom is 0.343 e. The first-order valence-electron chi connectivity index (χ1n) is 10.3. The lowest BCUT2D eigenvalue weighted by Crippen LogP contribution is -2.11. The van der Waals surface area contributed by atoms with Gasteiger partial charge in [0.15, 0.2) is 0 Å². The molecule has 0 saturated heterocycles. The molecule has 5 heteroatoms. The SMILES string of the molecule is CC(C)Oc1ccc(C(=O)Oc2cccc(C(=O)OCCCc3ccccc3)c2)cc1. The van der Waals surface area contributed by atoms with E-state index in [0.717, 1.165) is 12.8 Å². The van der Waals surface area contributed by atoms with E-state index in [1.54, 1.807) is 42.5 Å². The van der Waals surface area contributed by atoms with E-state index in [4.69, 9.17) is 14.2 Å². The average molecular weight is 418 g/mol. The molecule has 0 spiro atoms. The van der Waals surface area contributed by atoms with Gasteiger partial charge in [0.2, 0.25) is 0 Å². The molecule has 31 heavy (non-hydrogen) atoms. The predicted molar refractivity (Wildman–Crippen MR) is 119 cm³/mol. The molecule has 3 aromatic carbocycles. The highest BCUT2D eigenvalue weighted by Crippen LogP contribution is 2.18. The number of aryl methyl sites for hydroxylation is 1. The quantitative estimate of drug-likeness (QED) is 0.261. The van der Waals surface area contributed by atoms with E-state index >= 15 is 0 Å². The van der Waals surface area contributed by atoms with E-state index in [0.29, 0.717) is 23.5 Å². The number of benzene rings is 3. The monoisotopic (exact) mass is 418 g/mol. The van der Waals surface area contributed by atoms with Gasteiger partial charge in [-0.05, 0) is 74.7 Å². The minimum Gasteiger partial charge on any atom is -0.491 e. The van der Waals surface area contributed by atoms with Crippen molar-refractivity contribution in [2.45, 2.75) is 32.8 Å². The van der Waals surface area contributed by atoms with Crippen molar-refractivity contribution in [2.24, 2.45) is 0 Å². The first-order chi connectivity index (χ1) is 15.0. The third kappa shape index (κ3) is 7.00. The Hall–Kier alpha value is -3.60. The molecular formula is C26H26O5. The van der Waals surface area contributed by atoms with Crippen LogP contribution in [-0.2, 0) is 11.2 Å². The number of carbonyl (C=O) groups excluding carboxylic acids is 2. The van der Waals surface area contributed by atoms with Crippen molar-refractivity contribution < 1.29 is 23.8 Å². The molecule has 0 aliphatic carbocycles. The molecule has 160 valence electrons. The van der Waals surface area contributed by atoms with Crippen LogP contribution in [0.25, 0.3) is 0 Å². The fourth-order valence-corrected chi connectivity index (χ4v) is 2.96. The minimum absolute atomic E-state index is 0.0543.